The van der Waals surface area contributed by atoms with Gasteiger partial charge in [0.1, 0.15) is 0 Å². The molecule has 21 heavy (non-hydrogen) atoms. The van der Waals surface area contributed by atoms with Crippen molar-refractivity contribution in [3.05, 3.63) is 28.7 Å². The number of sulfonamides is 1. The van der Waals surface area contributed by atoms with Crippen LogP contribution in [0.5, 0.6) is 0 Å². The number of nitrogens with zero attached hydrogens (tertiary/aromatic N) is 2. The fourth-order valence-corrected chi connectivity index (χ4v) is 4.80. The van der Waals surface area contributed by atoms with Gasteiger partial charge in [0.15, 0.2) is 0 Å². The van der Waals surface area contributed by atoms with Crippen molar-refractivity contribution in [2.45, 2.75) is 10.9 Å². The minimum atomic E-state index is -3.56. The number of carbonyl (C=O) groups excluding carboxylic acids is 2. The van der Waals surface area contributed by atoms with E-state index in [0.717, 1.165) is 16.2 Å². The molecule has 9 heteroatoms. The number of hydrogen-bond acceptors (Lipinski definition) is 5. The van der Waals surface area contributed by atoms with Gasteiger partial charge in [-0.05, 0) is 24.3 Å². The van der Waals surface area contributed by atoms with Gasteiger partial charge in [-0.25, -0.2) is 8.42 Å². The SMILES string of the molecule is O=C1CSC(=O)N1C1CN(S(=O)(=O)c2ccc(Br)cc2)C1. The number of amides is 2. The third-order valence-electron chi connectivity index (χ3n) is 3.43. The van der Waals surface area contributed by atoms with Crippen molar-refractivity contribution in [2.24, 2.45) is 0 Å². The summed E-state index contributed by atoms with van der Waals surface area (Å²) < 4.78 is 26.8. The maximum Gasteiger partial charge on any atom is 0.289 e. The highest BCUT2D eigenvalue weighted by molar-refractivity contribution is 9.10. The van der Waals surface area contributed by atoms with Crippen molar-refractivity contribution in [1.82, 2.24) is 9.21 Å². The van der Waals surface area contributed by atoms with Crippen molar-refractivity contribution >= 4 is 48.9 Å². The normalized spacial score (nSPS) is 20.9. The molecule has 2 aliphatic rings. The fraction of sp³-hybridized carbons (Fsp3) is 0.333. The smallest absolute Gasteiger partial charge is 0.273 e. The zero-order valence-electron chi connectivity index (χ0n) is 10.7. The van der Waals surface area contributed by atoms with Gasteiger partial charge in [0.05, 0.1) is 16.7 Å². The van der Waals surface area contributed by atoms with E-state index in [1.165, 1.54) is 21.3 Å². The van der Waals surface area contributed by atoms with Gasteiger partial charge in [0.25, 0.3) is 5.24 Å². The van der Waals surface area contributed by atoms with Crippen LogP contribution in [-0.4, -0.2) is 53.7 Å². The molecule has 0 bridgehead atoms. The molecule has 2 aliphatic heterocycles. The first kappa shape index (κ1) is 15.0. The fourth-order valence-electron chi connectivity index (χ4n) is 2.25. The molecule has 1 aromatic carbocycles. The van der Waals surface area contributed by atoms with Gasteiger partial charge in [-0.1, -0.05) is 27.7 Å². The van der Waals surface area contributed by atoms with Crippen molar-refractivity contribution in [1.29, 1.82) is 0 Å². The molecule has 0 atom stereocenters. The lowest BCUT2D eigenvalue weighted by Crippen LogP contribution is -2.61. The molecule has 2 saturated heterocycles. The zero-order valence-corrected chi connectivity index (χ0v) is 13.9. The van der Waals surface area contributed by atoms with Crippen molar-refractivity contribution < 1.29 is 18.0 Å². The molecule has 0 radical (unpaired) electrons. The molecule has 0 N–H and O–H groups in total. The first-order valence-electron chi connectivity index (χ1n) is 6.14. The summed E-state index contributed by atoms with van der Waals surface area (Å²) in [6, 6.07) is 6.02. The molecule has 1 aromatic rings. The van der Waals surface area contributed by atoms with Gasteiger partial charge < -0.3 is 0 Å². The lowest BCUT2D eigenvalue weighted by Gasteiger charge is -2.41. The van der Waals surface area contributed by atoms with Crippen LogP contribution in [-0.2, 0) is 14.8 Å². The molecule has 6 nitrogen and oxygen atoms in total. The van der Waals surface area contributed by atoms with Crippen LogP contribution in [0, 0.1) is 0 Å². The molecule has 0 unspecified atom stereocenters. The Kier molecular flexibility index (Phi) is 3.85. The van der Waals surface area contributed by atoms with Crippen LogP contribution in [0.25, 0.3) is 0 Å². The van der Waals surface area contributed by atoms with Crippen LogP contribution >= 0.6 is 27.7 Å². The van der Waals surface area contributed by atoms with Crippen molar-refractivity contribution in [3.8, 4) is 0 Å². The van der Waals surface area contributed by atoms with Crippen LogP contribution in [0.1, 0.15) is 0 Å². The van der Waals surface area contributed by atoms with Gasteiger partial charge in [0.2, 0.25) is 15.9 Å². The van der Waals surface area contributed by atoms with E-state index in [9.17, 15) is 18.0 Å². The highest BCUT2D eigenvalue weighted by atomic mass is 79.9. The largest absolute Gasteiger partial charge is 0.289 e. The molecule has 112 valence electrons. The summed E-state index contributed by atoms with van der Waals surface area (Å²) in [5, 5.41) is -0.286. The lowest BCUT2D eigenvalue weighted by molar-refractivity contribution is -0.127. The Morgan fingerprint density at radius 3 is 2.29 bits per heavy atom. The van der Waals surface area contributed by atoms with E-state index in [1.54, 1.807) is 12.1 Å². The molecule has 0 aromatic heterocycles. The molecule has 2 amide bonds. The summed E-state index contributed by atoms with van der Waals surface area (Å²) in [4.78, 5) is 24.6. The van der Waals surface area contributed by atoms with E-state index >= 15 is 0 Å². The number of benzene rings is 1. The number of halogens is 1. The quantitative estimate of drug-likeness (QED) is 0.781. The van der Waals surface area contributed by atoms with Gasteiger partial charge in [-0.2, -0.15) is 4.31 Å². The Bertz CT molecular complexity index is 682. The molecule has 2 heterocycles. The molecule has 3 rings (SSSR count). The molecule has 0 saturated carbocycles. The van der Waals surface area contributed by atoms with Gasteiger partial charge in [0, 0.05) is 17.6 Å². The Balaban J connectivity index is 1.72. The highest BCUT2D eigenvalue weighted by Gasteiger charge is 2.45. The predicted octanol–water partition coefficient (Wildman–Crippen LogP) is 1.52. The van der Waals surface area contributed by atoms with Crippen LogP contribution in [0.4, 0.5) is 4.79 Å². The first-order valence-corrected chi connectivity index (χ1v) is 9.36. The second kappa shape index (κ2) is 5.38. The lowest BCUT2D eigenvalue weighted by atomic mass is 10.1. The number of imide groups is 1. The molecule has 0 spiro atoms. The molecule has 0 aliphatic carbocycles. The third kappa shape index (κ3) is 2.63. The maximum absolute atomic E-state index is 12.4. The summed E-state index contributed by atoms with van der Waals surface area (Å²) >= 11 is 4.22. The van der Waals surface area contributed by atoms with Crippen LogP contribution < -0.4 is 0 Å². The topological polar surface area (TPSA) is 74.8 Å². The monoisotopic (exact) mass is 390 g/mol. The van der Waals surface area contributed by atoms with Crippen LogP contribution in [0.15, 0.2) is 33.6 Å². The van der Waals surface area contributed by atoms with Crippen molar-refractivity contribution in [2.75, 3.05) is 18.8 Å². The Morgan fingerprint density at radius 1 is 1.14 bits per heavy atom. The van der Waals surface area contributed by atoms with Crippen LogP contribution in [0.3, 0.4) is 0 Å². The standard InChI is InChI=1S/C12H11BrN2O4S2/c13-8-1-3-10(4-2-8)21(18,19)14-5-9(6-14)15-11(16)7-20-12(15)17/h1-4,9H,5-7H2. The minimum absolute atomic E-state index is 0.148. The van der Waals surface area contributed by atoms with Crippen molar-refractivity contribution in [3.63, 3.8) is 0 Å². The van der Waals surface area contributed by atoms with Gasteiger partial charge in [-0.3, -0.25) is 14.5 Å². The second-order valence-electron chi connectivity index (χ2n) is 4.75. The Labute approximate surface area is 134 Å². The average molecular weight is 391 g/mol. The summed E-state index contributed by atoms with van der Waals surface area (Å²) in [7, 11) is -3.56. The third-order valence-corrected chi connectivity index (χ3v) is 6.64. The number of carbonyl (C=O) groups is 2. The first-order chi connectivity index (χ1) is 9.89. The predicted molar refractivity (Wildman–Crippen MR) is 81.4 cm³/mol. The summed E-state index contributed by atoms with van der Waals surface area (Å²) in [5.41, 5.74) is 0. The van der Waals surface area contributed by atoms with E-state index in [1.807, 2.05) is 0 Å². The van der Waals surface area contributed by atoms with Gasteiger partial charge >= 0.3 is 0 Å². The summed E-state index contributed by atoms with van der Waals surface area (Å²) in [5.74, 6) is -0.0925. The Hall–Kier alpha value is -0.900. The van der Waals surface area contributed by atoms with Crippen LogP contribution in [0.2, 0.25) is 0 Å². The molecular formula is C12H11BrN2O4S2. The molecular weight excluding hydrogens is 380 g/mol. The zero-order chi connectivity index (χ0) is 15.2. The van der Waals surface area contributed by atoms with E-state index in [0.29, 0.717) is 0 Å². The summed E-state index contributed by atoms with van der Waals surface area (Å²) in [6.07, 6.45) is 0. The van der Waals surface area contributed by atoms with E-state index in [4.69, 9.17) is 0 Å². The average Bonchev–Trinajstić information content (AvgIpc) is 2.69. The number of thioether (sulfide) groups is 1. The summed E-state index contributed by atoms with van der Waals surface area (Å²) in [6.45, 7) is 0.326. The number of rotatable bonds is 3. The maximum atomic E-state index is 12.4. The van der Waals surface area contributed by atoms with E-state index in [-0.39, 0.29) is 40.9 Å². The van der Waals surface area contributed by atoms with Gasteiger partial charge in [-0.15, -0.1) is 0 Å². The molecule has 2 fully saturated rings. The van der Waals surface area contributed by atoms with E-state index < -0.39 is 10.0 Å². The minimum Gasteiger partial charge on any atom is -0.273 e. The second-order valence-corrected chi connectivity index (χ2v) is 8.53. The van der Waals surface area contributed by atoms with E-state index in [2.05, 4.69) is 15.9 Å². The Morgan fingerprint density at radius 2 is 1.76 bits per heavy atom. The highest BCUT2D eigenvalue weighted by Crippen LogP contribution is 2.29. The number of hydrogen-bond donors (Lipinski definition) is 0.